The molecule has 0 spiro atoms. The van der Waals surface area contributed by atoms with Crippen molar-refractivity contribution in [3.05, 3.63) is 0 Å². The molecule has 0 N–H and O–H groups in total. The highest BCUT2D eigenvalue weighted by molar-refractivity contribution is 4.36. The van der Waals surface area contributed by atoms with Crippen molar-refractivity contribution in [1.29, 1.82) is 0 Å². The van der Waals surface area contributed by atoms with Crippen LogP contribution in [0.15, 0.2) is 0 Å². The maximum Gasteiger partial charge on any atom is 0.0674 e. The van der Waals surface area contributed by atoms with E-state index in [1.165, 1.54) is 0 Å². The van der Waals surface area contributed by atoms with Crippen LogP contribution in [0.5, 0.6) is 0 Å². The van der Waals surface area contributed by atoms with Crippen molar-refractivity contribution in [2.24, 2.45) is 0 Å². The number of rotatable bonds is 3. The molecule has 0 aromatic carbocycles. The maximum atomic E-state index is 4.72. The number of hydrogen-bond acceptors (Lipinski definition) is 1. The first-order valence-corrected chi connectivity index (χ1v) is 2.59. The van der Waals surface area contributed by atoms with Gasteiger partial charge in [-0.3, -0.25) is 4.84 Å². The first kappa shape index (κ1) is 6.92. The molecule has 0 aliphatic heterocycles. The van der Waals surface area contributed by atoms with Gasteiger partial charge >= 0.3 is 0 Å². The Labute approximate surface area is 44.8 Å². The minimum Gasteiger partial charge on any atom is -0.282 e. The lowest BCUT2D eigenvalue weighted by molar-refractivity contribution is 0.0244. The summed E-state index contributed by atoms with van der Waals surface area (Å²) in [5.41, 5.74) is 3.74. The lowest BCUT2D eigenvalue weighted by Crippen LogP contribution is -2.14. The summed E-state index contributed by atoms with van der Waals surface area (Å²) in [5.74, 6) is 0. The van der Waals surface area contributed by atoms with E-state index in [0.717, 1.165) is 0 Å². The van der Waals surface area contributed by atoms with E-state index in [9.17, 15) is 0 Å². The first-order chi connectivity index (χ1) is 3.27. The Bertz CT molecular complexity index is 37.1. The van der Waals surface area contributed by atoms with Gasteiger partial charge in [0.15, 0.2) is 0 Å². The Hall–Kier alpha value is -0.0800. The molecule has 43 valence electrons. The van der Waals surface area contributed by atoms with Gasteiger partial charge in [-0.1, -0.05) is 5.48 Å². The van der Waals surface area contributed by atoms with Crippen molar-refractivity contribution in [1.82, 2.24) is 5.48 Å². The van der Waals surface area contributed by atoms with Gasteiger partial charge in [-0.25, -0.2) is 0 Å². The molecular formula is C5H12NO. The molecule has 0 aliphatic rings. The van der Waals surface area contributed by atoms with Crippen LogP contribution in [0.25, 0.3) is 0 Å². The molecule has 0 rings (SSSR count). The van der Waals surface area contributed by atoms with Crippen molar-refractivity contribution < 1.29 is 4.84 Å². The quantitative estimate of drug-likeness (QED) is 0.486. The van der Waals surface area contributed by atoms with Gasteiger partial charge in [-0.15, -0.1) is 0 Å². The fourth-order valence-corrected chi connectivity index (χ4v) is 0.224. The van der Waals surface area contributed by atoms with Gasteiger partial charge in [-0.05, 0) is 20.8 Å². The molecule has 2 nitrogen and oxygen atoms in total. The van der Waals surface area contributed by atoms with Crippen molar-refractivity contribution >= 4 is 0 Å². The Kier molecular flexibility index (Phi) is 4.04. The third-order valence-electron chi connectivity index (χ3n) is 0.414. The van der Waals surface area contributed by atoms with E-state index in [1.807, 2.05) is 20.8 Å². The maximum absolute atomic E-state index is 4.72. The molecule has 0 aromatic heterocycles. The Balaban J connectivity index is 2.68. The van der Waals surface area contributed by atoms with Gasteiger partial charge in [0.05, 0.1) is 6.61 Å². The third kappa shape index (κ3) is 5.92. The predicted molar refractivity (Wildman–Crippen MR) is 28.9 cm³/mol. The van der Waals surface area contributed by atoms with Crippen LogP contribution in [-0.4, -0.2) is 12.6 Å². The van der Waals surface area contributed by atoms with Crippen LogP contribution in [0.1, 0.15) is 20.8 Å². The molecule has 0 atom stereocenters. The van der Waals surface area contributed by atoms with Gasteiger partial charge in [0.25, 0.3) is 0 Å². The standard InChI is InChI=1S/C5H12NO/c1-4-7-6-5(2)3/h5H,4H2,1-3H3. The van der Waals surface area contributed by atoms with Gasteiger partial charge < -0.3 is 0 Å². The predicted octanol–water partition coefficient (Wildman–Crippen LogP) is 0.951. The summed E-state index contributed by atoms with van der Waals surface area (Å²) in [6.45, 7) is 6.56. The van der Waals surface area contributed by atoms with Crippen LogP contribution in [0.2, 0.25) is 0 Å². The smallest absolute Gasteiger partial charge is 0.0674 e. The highest BCUT2D eigenvalue weighted by Gasteiger charge is 1.88. The Morgan fingerprint density at radius 2 is 2.14 bits per heavy atom. The van der Waals surface area contributed by atoms with E-state index in [4.69, 9.17) is 4.84 Å². The van der Waals surface area contributed by atoms with E-state index in [1.54, 1.807) is 0 Å². The second-order valence-electron chi connectivity index (χ2n) is 1.62. The molecule has 7 heavy (non-hydrogen) atoms. The van der Waals surface area contributed by atoms with E-state index in [-0.39, 0.29) is 0 Å². The number of nitrogens with zero attached hydrogens (tertiary/aromatic N) is 1. The van der Waals surface area contributed by atoms with Gasteiger partial charge in [-0.2, -0.15) is 0 Å². The summed E-state index contributed by atoms with van der Waals surface area (Å²) in [5, 5.41) is 0. The summed E-state index contributed by atoms with van der Waals surface area (Å²) in [4.78, 5) is 4.72. The zero-order chi connectivity index (χ0) is 5.70. The molecule has 0 heterocycles. The number of hydroxylamine groups is 1. The van der Waals surface area contributed by atoms with Crippen molar-refractivity contribution in [3.8, 4) is 0 Å². The topological polar surface area (TPSA) is 23.3 Å². The van der Waals surface area contributed by atoms with Gasteiger partial charge in [0.1, 0.15) is 0 Å². The van der Waals surface area contributed by atoms with Gasteiger partial charge in [0, 0.05) is 6.04 Å². The number of hydrogen-bond donors (Lipinski definition) is 0. The first-order valence-electron chi connectivity index (χ1n) is 2.59. The molecule has 1 radical (unpaired) electrons. The van der Waals surface area contributed by atoms with E-state index in [2.05, 4.69) is 5.48 Å². The van der Waals surface area contributed by atoms with Crippen LogP contribution < -0.4 is 5.48 Å². The zero-order valence-corrected chi connectivity index (χ0v) is 5.14. The molecule has 0 saturated heterocycles. The molecule has 0 aliphatic carbocycles. The average Bonchev–Trinajstić information content (AvgIpc) is 1.61. The second-order valence-corrected chi connectivity index (χ2v) is 1.62. The van der Waals surface area contributed by atoms with Crippen LogP contribution in [0, 0.1) is 0 Å². The molecule has 0 unspecified atom stereocenters. The molecule has 0 aromatic rings. The molecule has 0 fully saturated rings. The lowest BCUT2D eigenvalue weighted by atomic mass is 10.4. The van der Waals surface area contributed by atoms with E-state index >= 15 is 0 Å². The molecule has 0 amide bonds. The summed E-state index contributed by atoms with van der Waals surface area (Å²) in [7, 11) is 0. The molecular weight excluding hydrogens is 90.1 g/mol. The molecule has 0 saturated carbocycles. The summed E-state index contributed by atoms with van der Waals surface area (Å²) in [6, 6.07) is 0.306. The van der Waals surface area contributed by atoms with Crippen molar-refractivity contribution in [3.63, 3.8) is 0 Å². The van der Waals surface area contributed by atoms with Crippen molar-refractivity contribution in [2.75, 3.05) is 6.61 Å². The Morgan fingerprint density at radius 1 is 1.57 bits per heavy atom. The minimum absolute atomic E-state index is 0.306. The monoisotopic (exact) mass is 102 g/mol. The van der Waals surface area contributed by atoms with E-state index in [0.29, 0.717) is 12.6 Å². The highest BCUT2D eigenvalue weighted by Crippen LogP contribution is 1.77. The van der Waals surface area contributed by atoms with Gasteiger partial charge in [0.2, 0.25) is 0 Å². The average molecular weight is 102 g/mol. The largest absolute Gasteiger partial charge is 0.282 e. The zero-order valence-electron chi connectivity index (χ0n) is 5.14. The molecule has 2 heteroatoms. The van der Waals surface area contributed by atoms with E-state index < -0.39 is 0 Å². The summed E-state index contributed by atoms with van der Waals surface area (Å²) < 4.78 is 0. The Morgan fingerprint density at radius 3 is 2.29 bits per heavy atom. The SMILES string of the molecule is CCO[N]C(C)C. The van der Waals surface area contributed by atoms with Crippen LogP contribution >= 0.6 is 0 Å². The van der Waals surface area contributed by atoms with Crippen molar-refractivity contribution in [2.45, 2.75) is 26.8 Å². The normalized spacial score (nSPS) is 10.3. The third-order valence-corrected chi connectivity index (χ3v) is 0.414. The minimum atomic E-state index is 0.306. The lowest BCUT2D eigenvalue weighted by Gasteiger charge is -2.00. The second kappa shape index (κ2) is 4.09. The molecule has 0 bridgehead atoms. The fourth-order valence-electron chi connectivity index (χ4n) is 0.224. The van der Waals surface area contributed by atoms with Crippen LogP contribution in [0.4, 0.5) is 0 Å². The summed E-state index contributed by atoms with van der Waals surface area (Å²) in [6.07, 6.45) is 0. The van der Waals surface area contributed by atoms with Crippen LogP contribution in [-0.2, 0) is 4.84 Å². The fraction of sp³-hybridized carbons (Fsp3) is 1.00. The highest BCUT2D eigenvalue weighted by atomic mass is 16.6. The summed E-state index contributed by atoms with van der Waals surface area (Å²) >= 11 is 0. The van der Waals surface area contributed by atoms with Crippen LogP contribution in [0.3, 0.4) is 0 Å².